The molecule has 1 N–H and O–H groups in total. The zero-order chi connectivity index (χ0) is 14.8. The van der Waals surface area contributed by atoms with E-state index < -0.39 is 6.10 Å². The molecule has 2 rings (SSSR count). The van der Waals surface area contributed by atoms with Gasteiger partial charge < -0.3 is 10.0 Å². The van der Waals surface area contributed by atoms with Gasteiger partial charge in [0.2, 0.25) is 0 Å². The minimum Gasteiger partial charge on any atom is -0.388 e. The lowest BCUT2D eigenvalue weighted by Gasteiger charge is -2.37. The SMILES string of the molecule is Cc1ccc(C(O)CCN2CCC(C)(C)CC2)cc1F. The van der Waals surface area contributed by atoms with Crippen LogP contribution >= 0.6 is 0 Å². The maximum atomic E-state index is 13.5. The molecule has 1 aromatic rings. The Morgan fingerprint density at radius 3 is 2.55 bits per heavy atom. The summed E-state index contributed by atoms with van der Waals surface area (Å²) in [5.74, 6) is -0.235. The van der Waals surface area contributed by atoms with E-state index in [1.807, 2.05) is 6.07 Å². The van der Waals surface area contributed by atoms with Gasteiger partial charge in [0, 0.05) is 6.54 Å². The minimum atomic E-state index is -0.569. The molecule has 1 saturated heterocycles. The summed E-state index contributed by atoms with van der Waals surface area (Å²) < 4.78 is 13.5. The van der Waals surface area contributed by atoms with Crippen LogP contribution in [0.4, 0.5) is 4.39 Å². The van der Waals surface area contributed by atoms with Gasteiger partial charge in [0.15, 0.2) is 0 Å². The molecule has 3 heteroatoms. The van der Waals surface area contributed by atoms with Crippen molar-refractivity contribution in [1.82, 2.24) is 4.90 Å². The Morgan fingerprint density at radius 2 is 1.95 bits per heavy atom. The Hall–Kier alpha value is -0.930. The molecule has 0 aromatic heterocycles. The number of likely N-dealkylation sites (tertiary alicyclic amines) is 1. The number of aryl methyl sites for hydroxylation is 1. The fraction of sp³-hybridized carbons (Fsp3) is 0.647. The second-order valence-corrected chi connectivity index (χ2v) is 6.82. The number of hydrogen-bond donors (Lipinski definition) is 1. The molecular formula is C17H26FNO. The highest BCUT2D eigenvalue weighted by Crippen LogP contribution is 2.30. The van der Waals surface area contributed by atoms with E-state index in [0.29, 0.717) is 23.0 Å². The molecule has 0 bridgehead atoms. The highest BCUT2D eigenvalue weighted by atomic mass is 19.1. The van der Waals surface area contributed by atoms with Gasteiger partial charge >= 0.3 is 0 Å². The zero-order valence-electron chi connectivity index (χ0n) is 12.8. The second-order valence-electron chi connectivity index (χ2n) is 6.82. The lowest BCUT2D eigenvalue weighted by molar-refractivity contribution is 0.101. The van der Waals surface area contributed by atoms with Crippen LogP contribution in [0.15, 0.2) is 18.2 Å². The largest absolute Gasteiger partial charge is 0.388 e. The summed E-state index contributed by atoms with van der Waals surface area (Å²) in [5.41, 5.74) is 1.76. The summed E-state index contributed by atoms with van der Waals surface area (Å²) in [4.78, 5) is 2.40. The van der Waals surface area contributed by atoms with Crippen LogP contribution < -0.4 is 0 Å². The molecule has 1 aliphatic rings. The summed E-state index contributed by atoms with van der Waals surface area (Å²) in [6.07, 6.45) is 2.52. The summed E-state index contributed by atoms with van der Waals surface area (Å²) >= 11 is 0. The van der Waals surface area contributed by atoms with Crippen LogP contribution in [0, 0.1) is 18.2 Å². The van der Waals surface area contributed by atoms with Crippen LogP contribution in [-0.2, 0) is 0 Å². The highest BCUT2D eigenvalue weighted by molar-refractivity contribution is 5.24. The molecule has 0 amide bonds. The number of aliphatic hydroxyl groups excluding tert-OH is 1. The molecule has 1 atom stereocenters. The lowest BCUT2D eigenvalue weighted by atomic mass is 9.82. The first-order valence-electron chi connectivity index (χ1n) is 7.54. The van der Waals surface area contributed by atoms with Gasteiger partial charge in [0.1, 0.15) is 5.82 Å². The number of benzene rings is 1. The molecule has 0 radical (unpaired) electrons. The van der Waals surface area contributed by atoms with Gasteiger partial charge in [-0.15, -0.1) is 0 Å². The van der Waals surface area contributed by atoms with E-state index in [2.05, 4.69) is 18.7 Å². The molecule has 1 heterocycles. The monoisotopic (exact) mass is 279 g/mol. The fourth-order valence-corrected chi connectivity index (χ4v) is 2.67. The van der Waals surface area contributed by atoms with Crippen molar-refractivity contribution in [3.05, 3.63) is 35.1 Å². The van der Waals surface area contributed by atoms with Gasteiger partial charge in [-0.25, -0.2) is 4.39 Å². The van der Waals surface area contributed by atoms with Crippen LogP contribution in [0.25, 0.3) is 0 Å². The van der Waals surface area contributed by atoms with Crippen molar-refractivity contribution in [1.29, 1.82) is 0 Å². The number of halogens is 1. The predicted molar refractivity (Wildman–Crippen MR) is 80.2 cm³/mol. The average molecular weight is 279 g/mol. The molecule has 0 spiro atoms. The Morgan fingerprint density at radius 1 is 1.30 bits per heavy atom. The highest BCUT2D eigenvalue weighted by Gasteiger charge is 2.25. The molecule has 112 valence electrons. The van der Waals surface area contributed by atoms with Gasteiger partial charge in [-0.05, 0) is 61.9 Å². The van der Waals surface area contributed by atoms with Crippen molar-refractivity contribution in [2.75, 3.05) is 19.6 Å². The van der Waals surface area contributed by atoms with E-state index in [-0.39, 0.29) is 5.82 Å². The Kier molecular flexibility index (Phi) is 4.82. The van der Waals surface area contributed by atoms with Gasteiger partial charge in [-0.3, -0.25) is 0 Å². The maximum Gasteiger partial charge on any atom is 0.126 e. The van der Waals surface area contributed by atoms with Crippen LogP contribution in [0.5, 0.6) is 0 Å². The number of hydrogen-bond acceptors (Lipinski definition) is 2. The van der Waals surface area contributed by atoms with E-state index >= 15 is 0 Å². The Bertz CT molecular complexity index is 448. The molecule has 20 heavy (non-hydrogen) atoms. The standard InChI is InChI=1S/C17H26FNO/c1-13-4-5-14(12-15(13)18)16(20)6-9-19-10-7-17(2,3)8-11-19/h4-5,12,16,20H,6-11H2,1-3H3. The van der Waals surface area contributed by atoms with Gasteiger partial charge in [0.25, 0.3) is 0 Å². The van der Waals surface area contributed by atoms with E-state index in [0.717, 1.165) is 19.6 Å². The van der Waals surface area contributed by atoms with E-state index in [1.165, 1.54) is 18.9 Å². The third kappa shape index (κ3) is 4.03. The number of nitrogens with zero attached hydrogens (tertiary/aromatic N) is 1. The number of aliphatic hydroxyl groups is 1. The van der Waals surface area contributed by atoms with E-state index in [1.54, 1.807) is 13.0 Å². The van der Waals surface area contributed by atoms with Crippen molar-refractivity contribution in [2.45, 2.75) is 46.1 Å². The number of rotatable bonds is 4. The van der Waals surface area contributed by atoms with Gasteiger partial charge in [0.05, 0.1) is 6.10 Å². The molecule has 0 saturated carbocycles. The van der Waals surface area contributed by atoms with Crippen LogP contribution in [0.3, 0.4) is 0 Å². The van der Waals surface area contributed by atoms with Crippen LogP contribution in [0.1, 0.15) is 50.3 Å². The topological polar surface area (TPSA) is 23.5 Å². The van der Waals surface area contributed by atoms with Crippen molar-refractivity contribution in [3.8, 4) is 0 Å². The first kappa shape index (κ1) is 15.5. The van der Waals surface area contributed by atoms with Crippen LogP contribution in [0.2, 0.25) is 0 Å². The maximum absolute atomic E-state index is 13.5. The normalized spacial score (nSPS) is 20.9. The molecule has 0 aliphatic carbocycles. The first-order valence-corrected chi connectivity index (χ1v) is 7.54. The lowest BCUT2D eigenvalue weighted by Crippen LogP contribution is -2.38. The Balaban J connectivity index is 1.83. The Labute approximate surface area is 121 Å². The van der Waals surface area contributed by atoms with E-state index in [9.17, 15) is 9.50 Å². The minimum absolute atomic E-state index is 0.235. The quantitative estimate of drug-likeness (QED) is 0.909. The van der Waals surface area contributed by atoms with Crippen molar-refractivity contribution in [3.63, 3.8) is 0 Å². The molecule has 2 nitrogen and oxygen atoms in total. The molecular weight excluding hydrogens is 253 g/mol. The van der Waals surface area contributed by atoms with Gasteiger partial charge in [-0.1, -0.05) is 26.0 Å². The van der Waals surface area contributed by atoms with E-state index in [4.69, 9.17) is 0 Å². The predicted octanol–water partition coefficient (Wildman–Crippen LogP) is 3.68. The summed E-state index contributed by atoms with van der Waals surface area (Å²) in [6.45, 7) is 9.44. The second kappa shape index (κ2) is 6.23. The molecule has 1 unspecified atom stereocenters. The third-order valence-corrected chi connectivity index (χ3v) is 4.51. The summed E-state index contributed by atoms with van der Waals surface area (Å²) in [6, 6.07) is 5.01. The zero-order valence-corrected chi connectivity index (χ0v) is 12.8. The van der Waals surface area contributed by atoms with Crippen molar-refractivity contribution >= 4 is 0 Å². The number of piperidine rings is 1. The summed E-state index contributed by atoms with van der Waals surface area (Å²) in [5, 5.41) is 10.2. The molecule has 1 aromatic carbocycles. The fourth-order valence-electron chi connectivity index (χ4n) is 2.67. The smallest absolute Gasteiger partial charge is 0.126 e. The van der Waals surface area contributed by atoms with Gasteiger partial charge in [-0.2, -0.15) is 0 Å². The first-order chi connectivity index (χ1) is 9.37. The summed E-state index contributed by atoms with van der Waals surface area (Å²) in [7, 11) is 0. The third-order valence-electron chi connectivity index (χ3n) is 4.51. The molecule has 1 fully saturated rings. The van der Waals surface area contributed by atoms with Crippen molar-refractivity contribution in [2.24, 2.45) is 5.41 Å². The molecule has 1 aliphatic heterocycles. The average Bonchev–Trinajstić information content (AvgIpc) is 2.40. The van der Waals surface area contributed by atoms with Crippen molar-refractivity contribution < 1.29 is 9.50 Å². The van der Waals surface area contributed by atoms with Crippen LogP contribution in [-0.4, -0.2) is 29.6 Å².